The molecular formula is C20H24FN3O2. The Morgan fingerprint density at radius 3 is 2.54 bits per heavy atom. The van der Waals surface area contributed by atoms with Gasteiger partial charge in [0.2, 0.25) is 11.8 Å². The van der Waals surface area contributed by atoms with Gasteiger partial charge in [0, 0.05) is 29.4 Å². The van der Waals surface area contributed by atoms with Gasteiger partial charge in [-0.15, -0.1) is 0 Å². The van der Waals surface area contributed by atoms with Crippen LogP contribution in [0.25, 0.3) is 11.5 Å². The third-order valence-corrected chi connectivity index (χ3v) is 4.46. The maximum Gasteiger partial charge on any atom is 0.226 e. The Morgan fingerprint density at radius 2 is 1.92 bits per heavy atom. The molecule has 0 bridgehead atoms. The zero-order valence-corrected chi connectivity index (χ0v) is 15.6. The van der Waals surface area contributed by atoms with Gasteiger partial charge in [-0.2, -0.15) is 5.26 Å². The second-order valence-electron chi connectivity index (χ2n) is 7.65. The minimum atomic E-state index is -0.602. The minimum Gasteiger partial charge on any atom is -0.444 e. The molecular weight excluding hydrogens is 333 g/mol. The standard InChI is InChI=1S/C20H24FN3O2/c1-19(2,10-5-11-22)18(25)23-13-20(3,4)16-12-26-17(24-16)14-6-8-15(21)9-7-14/h6-9,12H,5,10,13H2,1-4H3,(H,23,25). The van der Waals surface area contributed by atoms with Crippen LogP contribution in [0.4, 0.5) is 4.39 Å². The average Bonchev–Trinajstić information content (AvgIpc) is 3.09. The summed E-state index contributed by atoms with van der Waals surface area (Å²) in [4.78, 5) is 16.9. The van der Waals surface area contributed by atoms with Crippen molar-refractivity contribution in [3.8, 4) is 17.5 Å². The quantitative estimate of drug-likeness (QED) is 0.805. The number of halogens is 1. The number of hydrogen-bond donors (Lipinski definition) is 1. The van der Waals surface area contributed by atoms with Crippen LogP contribution in [-0.4, -0.2) is 17.4 Å². The van der Waals surface area contributed by atoms with Crippen LogP contribution in [0.2, 0.25) is 0 Å². The lowest BCUT2D eigenvalue weighted by Gasteiger charge is -2.27. The van der Waals surface area contributed by atoms with E-state index in [1.165, 1.54) is 12.1 Å². The fourth-order valence-corrected chi connectivity index (χ4v) is 2.42. The summed E-state index contributed by atoms with van der Waals surface area (Å²) in [6.07, 6.45) is 2.41. The molecule has 138 valence electrons. The summed E-state index contributed by atoms with van der Waals surface area (Å²) >= 11 is 0. The summed E-state index contributed by atoms with van der Waals surface area (Å²) in [6.45, 7) is 7.96. The SMILES string of the molecule is CC(C)(CCC#N)C(=O)NCC(C)(C)c1coc(-c2ccc(F)cc2)n1. The molecule has 0 fully saturated rings. The molecule has 1 amide bonds. The number of nitriles is 1. The maximum atomic E-state index is 13.0. The van der Waals surface area contributed by atoms with Crippen molar-refractivity contribution in [2.75, 3.05) is 6.54 Å². The molecule has 0 spiro atoms. The molecule has 6 heteroatoms. The molecule has 1 aromatic heterocycles. The normalized spacial score (nSPS) is 11.8. The van der Waals surface area contributed by atoms with Gasteiger partial charge in [-0.25, -0.2) is 9.37 Å². The molecule has 2 rings (SSSR count). The van der Waals surface area contributed by atoms with Crippen molar-refractivity contribution in [3.63, 3.8) is 0 Å². The lowest BCUT2D eigenvalue weighted by molar-refractivity contribution is -0.129. The van der Waals surface area contributed by atoms with Crippen molar-refractivity contribution in [2.45, 2.75) is 46.0 Å². The highest BCUT2D eigenvalue weighted by atomic mass is 19.1. The van der Waals surface area contributed by atoms with Gasteiger partial charge in [0.15, 0.2) is 0 Å². The fourth-order valence-electron chi connectivity index (χ4n) is 2.42. The van der Waals surface area contributed by atoms with E-state index in [0.29, 0.717) is 36.5 Å². The predicted molar refractivity (Wildman–Crippen MR) is 96.6 cm³/mol. The summed E-state index contributed by atoms with van der Waals surface area (Å²) in [5.41, 5.74) is 0.347. The summed E-state index contributed by atoms with van der Waals surface area (Å²) in [6, 6.07) is 8.00. The van der Waals surface area contributed by atoms with E-state index in [4.69, 9.17) is 9.68 Å². The number of aromatic nitrogens is 1. The van der Waals surface area contributed by atoms with Crippen LogP contribution in [-0.2, 0) is 10.2 Å². The van der Waals surface area contributed by atoms with E-state index in [9.17, 15) is 9.18 Å². The number of oxazole rings is 1. The molecule has 1 aromatic carbocycles. The fraction of sp³-hybridized carbons (Fsp3) is 0.450. The molecule has 0 radical (unpaired) electrons. The van der Waals surface area contributed by atoms with Crippen molar-refractivity contribution in [3.05, 3.63) is 42.0 Å². The Labute approximate surface area is 153 Å². The highest BCUT2D eigenvalue weighted by molar-refractivity contribution is 5.81. The lowest BCUT2D eigenvalue weighted by atomic mass is 9.85. The molecule has 5 nitrogen and oxygen atoms in total. The number of rotatable bonds is 7. The van der Waals surface area contributed by atoms with E-state index >= 15 is 0 Å². The number of benzene rings is 1. The Balaban J connectivity index is 2.05. The van der Waals surface area contributed by atoms with Crippen molar-refractivity contribution in [2.24, 2.45) is 5.41 Å². The van der Waals surface area contributed by atoms with Crippen LogP contribution >= 0.6 is 0 Å². The zero-order chi connectivity index (χ0) is 19.4. The Morgan fingerprint density at radius 1 is 1.27 bits per heavy atom. The Kier molecular flexibility index (Phi) is 5.81. The van der Waals surface area contributed by atoms with Gasteiger partial charge in [-0.3, -0.25) is 4.79 Å². The third-order valence-electron chi connectivity index (χ3n) is 4.46. The number of hydrogen-bond acceptors (Lipinski definition) is 4. The molecule has 0 unspecified atom stereocenters. The van der Waals surface area contributed by atoms with E-state index in [0.717, 1.165) is 0 Å². The molecule has 0 atom stereocenters. The molecule has 2 aromatic rings. The largest absolute Gasteiger partial charge is 0.444 e. The number of nitrogens with zero attached hydrogens (tertiary/aromatic N) is 2. The van der Waals surface area contributed by atoms with Crippen LogP contribution in [0, 0.1) is 22.6 Å². The molecule has 0 saturated carbocycles. The summed E-state index contributed by atoms with van der Waals surface area (Å²) < 4.78 is 18.6. The zero-order valence-electron chi connectivity index (χ0n) is 15.6. The van der Waals surface area contributed by atoms with Crippen LogP contribution in [0.1, 0.15) is 46.2 Å². The van der Waals surface area contributed by atoms with Crippen molar-refractivity contribution >= 4 is 5.91 Å². The highest BCUT2D eigenvalue weighted by Crippen LogP contribution is 2.27. The first-order valence-electron chi connectivity index (χ1n) is 8.53. The summed E-state index contributed by atoms with van der Waals surface area (Å²) in [7, 11) is 0. The third kappa shape index (κ3) is 4.69. The molecule has 0 saturated heterocycles. The number of carbonyl (C=O) groups excluding carboxylic acids is 1. The highest BCUT2D eigenvalue weighted by Gasteiger charge is 2.31. The molecule has 1 N–H and O–H groups in total. The maximum absolute atomic E-state index is 13.0. The number of nitrogens with one attached hydrogen (secondary N) is 1. The van der Waals surface area contributed by atoms with E-state index < -0.39 is 10.8 Å². The first kappa shape index (κ1) is 19.6. The topological polar surface area (TPSA) is 78.9 Å². The second-order valence-corrected chi connectivity index (χ2v) is 7.65. The Hall–Kier alpha value is -2.68. The van der Waals surface area contributed by atoms with Gasteiger partial charge in [-0.1, -0.05) is 27.7 Å². The summed E-state index contributed by atoms with van der Waals surface area (Å²) in [5.74, 6) is -0.000543. The molecule has 26 heavy (non-hydrogen) atoms. The van der Waals surface area contributed by atoms with Gasteiger partial charge >= 0.3 is 0 Å². The van der Waals surface area contributed by atoms with E-state index in [2.05, 4.69) is 16.4 Å². The van der Waals surface area contributed by atoms with Crippen LogP contribution in [0.5, 0.6) is 0 Å². The van der Waals surface area contributed by atoms with Crippen molar-refractivity contribution in [1.82, 2.24) is 10.3 Å². The van der Waals surface area contributed by atoms with Gasteiger partial charge in [0.25, 0.3) is 0 Å². The first-order chi connectivity index (χ1) is 12.2. The first-order valence-corrected chi connectivity index (χ1v) is 8.53. The smallest absolute Gasteiger partial charge is 0.226 e. The monoisotopic (exact) mass is 357 g/mol. The number of amides is 1. The van der Waals surface area contributed by atoms with Crippen molar-refractivity contribution in [1.29, 1.82) is 5.26 Å². The van der Waals surface area contributed by atoms with Gasteiger partial charge < -0.3 is 9.73 Å². The van der Waals surface area contributed by atoms with Crippen LogP contribution < -0.4 is 5.32 Å². The predicted octanol–water partition coefficient (Wildman–Crippen LogP) is 4.20. The van der Waals surface area contributed by atoms with Crippen LogP contribution in [0.3, 0.4) is 0 Å². The Bertz CT molecular complexity index is 801. The number of carbonyl (C=O) groups is 1. The molecule has 1 heterocycles. The van der Waals surface area contributed by atoms with Gasteiger partial charge in [0.05, 0.1) is 11.8 Å². The van der Waals surface area contributed by atoms with Crippen molar-refractivity contribution < 1.29 is 13.6 Å². The van der Waals surface area contributed by atoms with Gasteiger partial charge in [-0.05, 0) is 30.7 Å². The summed E-state index contributed by atoms with van der Waals surface area (Å²) in [5, 5.41) is 11.7. The molecule has 0 aliphatic heterocycles. The average molecular weight is 357 g/mol. The minimum absolute atomic E-state index is 0.0944. The van der Waals surface area contributed by atoms with Gasteiger partial charge in [0.1, 0.15) is 12.1 Å². The molecule has 0 aliphatic carbocycles. The van der Waals surface area contributed by atoms with Crippen LogP contribution in [0.15, 0.2) is 34.9 Å². The van der Waals surface area contributed by atoms with E-state index in [1.54, 1.807) is 18.4 Å². The lowest BCUT2D eigenvalue weighted by Crippen LogP contribution is -2.43. The van der Waals surface area contributed by atoms with E-state index in [-0.39, 0.29) is 11.7 Å². The van der Waals surface area contributed by atoms with E-state index in [1.807, 2.05) is 27.7 Å². The second kappa shape index (κ2) is 7.69. The molecule has 0 aliphatic rings.